The minimum absolute atomic E-state index is 0.238. The fourth-order valence-corrected chi connectivity index (χ4v) is 3.93. The standard InChI is InChI=1S/C13H11BrCl2OS/c1-7-6-18-13(11(7)15)12(16)8-3-4-10(17-2)9(14)5-8/h3-6,12H,1-2H3. The summed E-state index contributed by atoms with van der Waals surface area (Å²) in [6.07, 6.45) is 0. The highest BCUT2D eigenvalue weighted by atomic mass is 79.9. The number of thiophene rings is 1. The molecule has 2 aromatic rings. The summed E-state index contributed by atoms with van der Waals surface area (Å²) < 4.78 is 6.09. The van der Waals surface area contributed by atoms with E-state index < -0.39 is 0 Å². The molecule has 1 aromatic heterocycles. The van der Waals surface area contributed by atoms with Crippen LogP contribution in [0.15, 0.2) is 28.1 Å². The highest BCUT2D eigenvalue weighted by Crippen LogP contribution is 2.41. The Bertz CT molecular complexity index is 568. The maximum atomic E-state index is 6.48. The number of hydrogen-bond acceptors (Lipinski definition) is 2. The molecule has 0 aliphatic carbocycles. The minimum Gasteiger partial charge on any atom is -0.496 e. The number of aryl methyl sites for hydroxylation is 1. The zero-order chi connectivity index (χ0) is 13.3. The third-order valence-electron chi connectivity index (χ3n) is 2.62. The molecule has 1 aromatic carbocycles. The lowest BCUT2D eigenvalue weighted by Crippen LogP contribution is -1.93. The molecule has 18 heavy (non-hydrogen) atoms. The third-order valence-corrected chi connectivity index (χ3v) is 5.62. The van der Waals surface area contributed by atoms with Gasteiger partial charge in [0.05, 0.1) is 22.0 Å². The first kappa shape index (κ1) is 14.2. The van der Waals surface area contributed by atoms with Crippen molar-refractivity contribution in [2.24, 2.45) is 0 Å². The molecule has 0 aliphatic heterocycles. The quantitative estimate of drug-likeness (QED) is 0.623. The van der Waals surface area contributed by atoms with Crippen molar-refractivity contribution >= 4 is 50.5 Å². The van der Waals surface area contributed by atoms with Crippen LogP contribution in [-0.2, 0) is 0 Å². The van der Waals surface area contributed by atoms with Gasteiger partial charge in [-0.25, -0.2) is 0 Å². The highest BCUT2D eigenvalue weighted by molar-refractivity contribution is 9.10. The van der Waals surface area contributed by atoms with Crippen LogP contribution in [0.5, 0.6) is 5.75 Å². The molecule has 0 radical (unpaired) electrons. The van der Waals surface area contributed by atoms with Crippen LogP contribution in [0.2, 0.25) is 5.02 Å². The van der Waals surface area contributed by atoms with Crippen LogP contribution < -0.4 is 4.74 Å². The molecule has 0 spiro atoms. The molecule has 1 nitrogen and oxygen atoms in total. The van der Waals surface area contributed by atoms with Gasteiger partial charge < -0.3 is 4.74 Å². The van der Waals surface area contributed by atoms with Crippen LogP contribution in [-0.4, -0.2) is 7.11 Å². The third kappa shape index (κ3) is 2.69. The van der Waals surface area contributed by atoms with Crippen LogP contribution in [0, 0.1) is 6.92 Å². The number of rotatable bonds is 3. The number of alkyl halides is 1. The smallest absolute Gasteiger partial charge is 0.133 e. The van der Waals surface area contributed by atoms with Crippen LogP contribution in [0.3, 0.4) is 0 Å². The normalized spacial score (nSPS) is 12.5. The molecule has 0 bridgehead atoms. The average molecular weight is 366 g/mol. The summed E-state index contributed by atoms with van der Waals surface area (Å²) >= 11 is 17.8. The van der Waals surface area contributed by atoms with Crippen molar-refractivity contribution in [3.05, 3.63) is 49.1 Å². The lowest BCUT2D eigenvalue weighted by molar-refractivity contribution is 0.412. The Kier molecular flexibility index (Phi) is 4.59. The van der Waals surface area contributed by atoms with Gasteiger partial charge >= 0.3 is 0 Å². The Morgan fingerprint density at radius 2 is 2.11 bits per heavy atom. The van der Waals surface area contributed by atoms with Gasteiger partial charge in [0.1, 0.15) is 5.75 Å². The molecule has 0 fully saturated rings. The molecule has 0 amide bonds. The van der Waals surface area contributed by atoms with Crippen LogP contribution >= 0.6 is 50.5 Å². The van der Waals surface area contributed by atoms with Crippen LogP contribution in [0.25, 0.3) is 0 Å². The molecule has 0 N–H and O–H groups in total. The maximum Gasteiger partial charge on any atom is 0.133 e. The first-order valence-electron chi connectivity index (χ1n) is 5.25. The molecular formula is C13H11BrCl2OS. The topological polar surface area (TPSA) is 9.23 Å². The van der Waals surface area contributed by atoms with E-state index in [4.69, 9.17) is 27.9 Å². The van der Waals surface area contributed by atoms with Gasteiger partial charge in [-0.05, 0) is 51.5 Å². The molecule has 5 heteroatoms. The molecule has 1 unspecified atom stereocenters. The number of benzene rings is 1. The van der Waals surface area contributed by atoms with E-state index in [9.17, 15) is 0 Å². The molecule has 96 valence electrons. The molecule has 0 saturated heterocycles. The summed E-state index contributed by atoms with van der Waals surface area (Å²) in [6, 6.07) is 5.80. The average Bonchev–Trinajstić information content (AvgIpc) is 2.69. The number of methoxy groups -OCH3 is 1. The monoisotopic (exact) mass is 364 g/mol. The summed E-state index contributed by atoms with van der Waals surface area (Å²) in [5.74, 6) is 0.788. The van der Waals surface area contributed by atoms with E-state index in [2.05, 4.69) is 15.9 Å². The Morgan fingerprint density at radius 1 is 1.39 bits per heavy atom. The van der Waals surface area contributed by atoms with E-state index in [1.54, 1.807) is 18.4 Å². The SMILES string of the molecule is COc1ccc(C(Cl)c2scc(C)c2Cl)cc1Br. The van der Waals surface area contributed by atoms with E-state index in [0.717, 1.165) is 31.2 Å². The van der Waals surface area contributed by atoms with E-state index in [1.165, 1.54) is 0 Å². The number of ether oxygens (including phenoxy) is 1. The first-order valence-corrected chi connectivity index (χ1v) is 7.74. The zero-order valence-electron chi connectivity index (χ0n) is 9.84. The zero-order valence-corrected chi connectivity index (χ0v) is 13.8. The fourth-order valence-electron chi connectivity index (χ4n) is 1.61. The maximum absolute atomic E-state index is 6.48. The number of halogens is 3. The molecule has 0 saturated carbocycles. The molecule has 1 atom stereocenters. The largest absolute Gasteiger partial charge is 0.496 e. The predicted octanol–water partition coefficient (Wildman–Crippen LogP) is 5.81. The van der Waals surface area contributed by atoms with Gasteiger partial charge in [-0.15, -0.1) is 22.9 Å². The van der Waals surface area contributed by atoms with Gasteiger partial charge in [0, 0.05) is 4.88 Å². The van der Waals surface area contributed by atoms with Gasteiger partial charge in [-0.3, -0.25) is 0 Å². The van der Waals surface area contributed by atoms with E-state index >= 15 is 0 Å². The van der Waals surface area contributed by atoms with Crippen molar-refractivity contribution in [1.29, 1.82) is 0 Å². The van der Waals surface area contributed by atoms with Crippen molar-refractivity contribution in [1.82, 2.24) is 0 Å². The van der Waals surface area contributed by atoms with Gasteiger partial charge in [0.25, 0.3) is 0 Å². The Labute approximate surface area is 129 Å². The Balaban J connectivity index is 2.37. The fraction of sp³-hybridized carbons (Fsp3) is 0.231. The van der Waals surface area contributed by atoms with Crippen molar-refractivity contribution in [2.45, 2.75) is 12.3 Å². The van der Waals surface area contributed by atoms with E-state index in [0.29, 0.717) is 0 Å². The molecule has 1 heterocycles. The predicted molar refractivity (Wildman–Crippen MR) is 82.5 cm³/mol. The first-order chi connectivity index (χ1) is 8.54. The van der Waals surface area contributed by atoms with Gasteiger partial charge in [0.2, 0.25) is 0 Å². The van der Waals surface area contributed by atoms with Crippen molar-refractivity contribution in [3.8, 4) is 5.75 Å². The van der Waals surface area contributed by atoms with Gasteiger partial charge in [-0.1, -0.05) is 17.7 Å². The Morgan fingerprint density at radius 3 is 2.61 bits per heavy atom. The second-order valence-electron chi connectivity index (χ2n) is 3.85. The molecule has 2 rings (SSSR count). The molecular weight excluding hydrogens is 355 g/mol. The van der Waals surface area contributed by atoms with E-state index in [1.807, 2.05) is 30.5 Å². The minimum atomic E-state index is -0.238. The van der Waals surface area contributed by atoms with Crippen molar-refractivity contribution in [2.75, 3.05) is 7.11 Å². The Hall–Kier alpha value is -0.220. The summed E-state index contributed by atoms with van der Waals surface area (Å²) in [5.41, 5.74) is 2.06. The summed E-state index contributed by atoms with van der Waals surface area (Å²) in [4.78, 5) is 0.980. The summed E-state index contributed by atoms with van der Waals surface area (Å²) in [7, 11) is 1.64. The number of hydrogen-bond donors (Lipinski definition) is 0. The lowest BCUT2D eigenvalue weighted by atomic mass is 10.1. The van der Waals surface area contributed by atoms with Crippen LogP contribution in [0.1, 0.15) is 21.4 Å². The van der Waals surface area contributed by atoms with Crippen LogP contribution in [0.4, 0.5) is 0 Å². The van der Waals surface area contributed by atoms with Crippen molar-refractivity contribution < 1.29 is 4.74 Å². The van der Waals surface area contributed by atoms with Gasteiger partial charge in [0.15, 0.2) is 0 Å². The van der Waals surface area contributed by atoms with Gasteiger partial charge in [-0.2, -0.15) is 0 Å². The lowest BCUT2D eigenvalue weighted by Gasteiger charge is -2.11. The second kappa shape index (κ2) is 5.83. The van der Waals surface area contributed by atoms with Crippen molar-refractivity contribution in [3.63, 3.8) is 0 Å². The van der Waals surface area contributed by atoms with E-state index in [-0.39, 0.29) is 5.38 Å². The molecule has 0 aliphatic rings. The summed E-state index contributed by atoms with van der Waals surface area (Å²) in [6.45, 7) is 1.98. The summed E-state index contributed by atoms with van der Waals surface area (Å²) in [5, 5.41) is 2.54. The highest BCUT2D eigenvalue weighted by Gasteiger charge is 2.18. The second-order valence-corrected chi connectivity index (χ2v) is 6.43.